The van der Waals surface area contributed by atoms with E-state index in [2.05, 4.69) is 44.4 Å². The van der Waals surface area contributed by atoms with Gasteiger partial charge in [-0.3, -0.25) is 14.7 Å². The fourth-order valence-electron chi connectivity index (χ4n) is 3.58. The Morgan fingerprint density at radius 1 is 1.18 bits per heavy atom. The van der Waals surface area contributed by atoms with Gasteiger partial charge in [-0.15, -0.1) is 11.3 Å². The topological polar surface area (TPSA) is 71.7 Å². The standard InChI is InChI=1S/C21H24N4O2S/c22-21(26)18-15-16(5-7-23-18)27-13-2-8-24-9-11-25(12-10-24)19-3-1-4-20-17(19)6-14-28-20/h1,3-7,14-15H,2,8-13H2,(H2,22,26). The second kappa shape index (κ2) is 8.58. The molecule has 6 nitrogen and oxygen atoms in total. The molecule has 0 spiro atoms. The molecule has 1 saturated heterocycles. The van der Waals surface area contributed by atoms with Gasteiger partial charge in [-0.1, -0.05) is 6.07 Å². The number of fused-ring (bicyclic) bond motifs is 1. The zero-order valence-electron chi connectivity index (χ0n) is 15.7. The summed E-state index contributed by atoms with van der Waals surface area (Å²) >= 11 is 1.80. The number of amides is 1. The number of thiophene rings is 1. The van der Waals surface area contributed by atoms with Gasteiger partial charge in [0.1, 0.15) is 11.4 Å². The Labute approximate surface area is 168 Å². The van der Waals surface area contributed by atoms with Gasteiger partial charge in [-0.05, 0) is 36.1 Å². The average molecular weight is 397 g/mol. The number of carbonyl (C=O) groups excluding carboxylic acids is 1. The summed E-state index contributed by atoms with van der Waals surface area (Å²) in [5, 5.41) is 3.53. The van der Waals surface area contributed by atoms with Gasteiger partial charge in [0.05, 0.1) is 6.61 Å². The average Bonchev–Trinajstić information content (AvgIpc) is 3.21. The highest BCUT2D eigenvalue weighted by Gasteiger charge is 2.18. The Balaban J connectivity index is 1.22. The van der Waals surface area contributed by atoms with Crippen molar-refractivity contribution in [3.8, 4) is 5.75 Å². The van der Waals surface area contributed by atoms with E-state index < -0.39 is 5.91 Å². The first-order valence-electron chi connectivity index (χ1n) is 9.53. The van der Waals surface area contributed by atoms with Gasteiger partial charge in [0.25, 0.3) is 5.91 Å². The van der Waals surface area contributed by atoms with E-state index in [0.29, 0.717) is 12.4 Å². The molecule has 3 heterocycles. The van der Waals surface area contributed by atoms with Crippen LogP contribution < -0.4 is 15.4 Å². The molecule has 1 aliphatic heterocycles. The number of carbonyl (C=O) groups is 1. The quantitative estimate of drug-likeness (QED) is 0.622. The van der Waals surface area contributed by atoms with E-state index >= 15 is 0 Å². The number of benzene rings is 1. The summed E-state index contributed by atoms with van der Waals surface area (Å²) in [4.78, 5) is 20.1. The minimum Gasteiger partial charge on any atom is -0.493 e. The number of pyridine rings is 1. The maximum Gasteiger partial charge on any atom is 0.267 e. The molecule has 3 aromatic rings. The maximum absolute atomic E-state index is 11.2. The Kier molecular flexibility index (Phi) is 5.73. The molecule has 0 unspecified atom stereocenters. The molecule has 28 heavy (non-hydrogen) atoms. The lowest BCUT2D eigenvalue weighted by Gasteiger charge is -2.36. The second-order valence-corrected chi connectivity index (χ2v) is 7.83. The van der Waals surface area contributed by atoms with Crippen molar-refractivity contribution in [2.75, 3.05) is 44.2 Å². The molecule has 1 fully saturated rings. The number of rotatable bonds is 7. The van der Waals surface area contributed by atoms with Gasteiger partial charge in [0.15, 0.2) is 0 Å². The minimum atomic E-state index is -0.540. The molecular formula is C21H24N4O2S. The van der Waals surface area contributed by atoms with Gasteiger partial charge in [-0.2, -0.15) is 0 Å². The lowest BCUT2D eigenvalue weighted by molar-refractivity contribution is 0.0995. The monoisotopic (exact) mass is 396 g/mol. The van der Waals surface area contributed by atoms with Crippen LogP contribution in [0.4, 0.5) is 5.69 Å². The first-order valence-corrected chi connectivity index (χ1v) is 10.4. The molecule has 2 N–H and O–H groups in total. The van der Waals surface area contributed by atoms with Crippen molar-refractivity contribution < 1.29 is 9.53 Å². The summed E-state index contributed by atoms with van der Waals surface area (Å²) in [7, 11) is 0. The third-order valence-electron chi connectivity index (χ3n) is 5.06. The minimum absolute atomic E-state index is 0.231. The molecule has 0 saturated carbocycles. The van der Waals surface area contributed by atoms with E-state index in [9.17, 15) is 4.79 Å². The van der Waals surface area contributed by atoms with E-state index in [0.717, 1.165) is 39.1 Å². The zero-order valence-corrected chi connectivity index (χ0v) is 16.5. The van der Waals surface area contributed by atoms with Crippen LogP contribution in [0.15, 0.2) is 48.0 Å². The van der Waals surface area contributed by atoms with Crippen LogP contribution in [-0.2, 0) is 0 Å². The Morgan fingerprint density at radius 3 is 2.86 bits per heavy atom. The Morgan fingerprint density at radius 2 is 2.04 bits per heavy atom. The van der Waals surface area contributed by atoms with Crippen molar-refractivity contribution in [2.45, 2.75) is 6.42 Å². The van der Waals surface area contributed by atoms with Crippen LogP contribution in [0.3, 0.4) is 0 Å². The number of hydrogen-bond acceptors (Lipinski definition) is 6. The van der Waals surface area contributed by atoms with E-state index in [1.54, 1.807) is 29.7 Å². The van der Waals surface area contributed by atoms with Crippen molar-refractivity contribution in [1.82, 2.24) is 9.88 Å². The highest BCUT2D eigenvalue weighted by atomic mass is 32.1. The molecule has 0 bridgehead atoms. The predicted molar refractivity (Wildman–Crippen MR) is 113 cm³/mol. The molecule has 1 aromatic carbocycles. The van der Waals surface area contributed by atoms with Gasteiger partial charge in [0, 0.05) is 60.8 Å². The number of anilines is 1. The number of primary amides is 1. The molecule has 1 amide bonds. The number of aromatic nitrogens is 1. The van der Waals surface area contributed by atoms with Crippen LogP contribution in [-0.4, -0.2) is 55.1 Å². The normalized spacial score (nSPS) is 15.1. The number of nitrogens with two attached hydrogens (primary N) is 1. The van der Waals surface area contributed by atoms with E-state index in [-0.39, 0.29) is 5.69 Å². The molecular weight excluding hydrogens is 372 g/mol. The Bertz CT molecular complexity index is 950. The molecule has 2 aromatic heterocycles. The molecule has 0 radical (unpaired) electrons. The summed E-state index contributed by atoms with van der Waals surface area (Å²) in [6, 6.07) is 12.1. The summed E-state index contributed by atoms with van der Waals surface area (Å²) in [6.45, 7) is 5.81. The lowest BCUT2D eigenvalue weighted by atomic mass is 10.2. The first-order chi connectivity index (χ1) is 13.7. The highest BCUT2D eigenvalue weighted by molar-refractivity contribution is 7.17. The SMILES string of the molecule is NC(=O)c1cc(OCCCN2CCN(c3cccc4sccc34)CC2)ccn1. The fourth-order valence-corrected chi connectivity index (χ4v) is 4.39. The fraction of sp³-hybridized carbons (Fsp3) is 0.333. The third kappa shape index (κ3) is 4.26. The van der Waals surface area contributed by atoms with Crippen molar-refractivity contribution in [3.63, 3.8) is 0 Å². The summed E-state index contributed by atoms with van der Waals surface area (Å²) in [5.74, 6) is 0.0962. The summed E-state index contributed by atoms with van der Waals surface area (Å²) in [5.41, 5.74) is 6.83. The second-order valence-electron chi connectivity index (χ2n) is 6.88. The first kappa shape index (κ1) is 18.7. The van der Waals surface area contributed by atoms with E-state index in [4.69, 9.17) is 10.5 Å². The Hall–Kier alpha value is -2.64. The number of ether oxygens (including phenoxy) is 1. The van der Waals surface area contributed by atoms with Crippen LogP contribution in [0, 0.1) is 0 Å². The largest absolute Gasteiger partial charge is 0.493 e. The number of piperazine rings is 1. The van der Waals surface area contributed by atoms with Crippen LogP contribution in [0.1, 0.15) is 16.9 Å². The van der Waals surface area contributed by atoms with Crippen LogP contribution in [0.5, 0.6) is 5.75 Å². The zero-order chi connectivity index (χ0) is 19.3. The van der Waals surface area contributed by atoms with Gasteiger partial charge in [0.2, 0.25) is 0 Å². The van der Waals surface area contributed by atoms with Crippen molar-refractivity contribution in [3.05, 3.63) is 53.7 Å². The molecule has 4 rings (SSSR count). The third-order valence-corrected chi connectivity index (χ3v) is 5.94. The molecule has 0 atom stereocenters. The van der Waals surface area contributed by atoms with E-state index in [1.807, 2.05) is 0 Å². The van der Waals surface area contributed by atoms with Crippen LogP contribution in [0.2, 0.25) is 0 Å². The maximum atomic E-state index is 11.2. The van der Waals surface area contributed by atoms with Gasteiger partial charge in [-0.25, -0.2) is 0 Å². The molecule has 7 heteroatoms. The summed E-state index contributed by atoms with van der Waals surface area (Å²) < 4.78 is 7.09. The smallest absolute Gasteiger partial charge is 0.267 e. The summed E-state index contributed by atoms with van der Waals surface area (Å²) in [6.07, 6.45) is 2.48. The van der Waals surface area contributed by atoms with Crippen LogP contribution >= 0.6 is 11.3 Å². The number of hydrogen-bond donors (Lipinski definition) is 1. The van der Waals surface area contributed by atoms with Crippen LogP contribution in [0.25, 0.3) is 10.1 Å². The molecule has 0 aliphatic carbocycles. The van der Waals surface area contributed by atoms with Crippen molar-refractivity contribution in [1.29, 1.82) is 0 Å². The lowest BCUT2D eigenvalue weighted by Crippen LogP contribution is -2.46. The van der Waals surface area contributed by atoms with Gasteiger partial charge < -0.3 is 15.4 Å². The molecule has 1 aliphatic rings. The number of nitrogens with zero attached hydrogens (tertiary/aromatic N) is 3. The van der Waals surface area contributed by atoms with Gasteiger partial charge >= 0.3 is 0 Å². The highest BCUT2D eigenvalue weighted by Crippen LogP contribution is 2.31. The van der Waals surface area contributed by atoms with Crippen molar-refractivity contribution >= 4 is 33.0 Å². The predicted octanol–water partition coefficient (Wildman–Crippen LogP) is 2.99. The molecule has 146 valence electrons. The van der Waals surface area contributed by atoms with Crippen molar-refractivity contribution in [2.24, 2.45) is 5.73 Å². The van der Waals surface area contributed by atoms with E-state index in [1.165, 1.54) is 15.8 Å².